The number of alkyl halides is 1. The molecule has 0 amide bonds. The lowest BCUT2D eigenvalue weighted by Gasteiger charge is -2.21. The summed E-state index contributed by atoms with van der Waals surface area (Å²) in [6.45, 7) is 0. The van der Waals surface area contributed by atoms with Gasteiger partial charge in [-0.25, -0.2) is 9.37 Å². The molecule has 1 atom stereocenters. The number of hydrogen-bond donors (Lipinski definition) is 0. The van der Waals surface area contributed by atoms with Gasteiger partial charge in [0.25, 0.3) is 0 Å². The molecule has 0 aliphatic heterocycles. The van der Waals surface area contributed by atoms with Crippen molar-refractivity contribution in [1.82, 2.24) is 4.98 Å². The minimum Gasteiger partial charge on any atom is -0.301 e. The highest BCUT2D eigenvalue weighted by molar-refractivity contribution is 9.10. The summed E-state index contributed by atoms with van der Waals surface area (Å²) in [6.07, 6.45) is 1.91. The molecular weight excluding hydrogens is 384 g/mol. The van der Waals surface area contributed by atoms with E-state index in [1.807, 2.05) is 0 Å². The lowest BCUT2D eigenvalue weighted by atomic mass is 9.93. The van der Waals surface area contributed by atoms with Gasteiger partial charge >= 0.3 is 0 Å². The molecule has 1 aromatic carbocycles. The number of benzene rings is 1. The third-order valence-corrected chi connectivity index (χ3v) is 3.68. The number of pyridine rings is 1. The van der Waals surface area contributed by atoms with Gasteiger partial charge in [0.15, 0.2) is 0 Å². The van der Waals surface area contributed by atoms with Gasteiger partial charge in [0.1, 0.15) is 16.4 Å². The van der Waals surface area contributed by atoms with Crippen molar-refractivity contribution in [2.45, 2.75) is 4.32 Å². The summed E-state index contributed by atoms with van der Waals surface area (Å²) in [7, 11) is 0. The minimum atomic E-state index is -1.20. The van der Waals surface area contributed by atoms with Crippen molar-refractivity contribution in [3.63, 3.8) is 0 Å². The highest BCUT2D eigenvalue weighted by atomic mass is 79.9. The summed E-state index contributed by atoms with van der Waals surface area (Å²) >= 11 is 3.27. The van der Waals surface area contributed by atoms with E-state index in [1.54, 1.807) is 0 Å². The van der Waals surface area contributed by atoms with Crippen LogP contribution in [-0.4, -0.2) is 11.3 Å². The molecule has 2 nitrogen and oxygen atoms in total. The van der Waals surface area contributed by atoms with Gasteiger partial charge in [-0.1, -0.05) is 28.1 Å². The van der Waals surface area contributed by atoms with Crippen molar-refractivity contribution in [1.29, 1.82) is 0 Å². The molecule has 100 valence electrons. The smallest absolute Gasteiger partial charge is 0.213 e. The van der Waals surface area contributed by atoms with Crippen molar-refractivity contribution in [3.8, 4) is 0 Å². The maximum Gasteiger partial charge on any atom is 0.213 e. The molecule has 0 saturated carbocycles. The first-order valence-electron chi connectivity index (χ1n) is 5.09. The van der Waals surface area contributed by atoms with Crippen LogP contribution in [0.5, 0.6) is 0 Å². The number of carbonyl (C=O) groups is 1. The Morgan fingerprint density at radius 3 is 2.26 bits per heavy atom. The van der Waals surface area contributed by atoms with E-state index in [1.165, 1.54) is 36.5 Å². The van der Waals surface area contributed by atoms with Crippen molar-refractivity contribution >= 4 is 39.2 Å². The third kappa shape index (κ3) is 3.25. The predicted molar refractivity (Wildman–Crippen MR) is 76.7 cm³/mol. The van der Waals surface area contributed by atoms with Gasteiger partial charge in [-0.05, 0) is 35.4 Å². The highest BCUT2D eigenvalue weighted by Crippen LogP contribution is 2.36. The second kappa shape index (κ2) is 6.34. The van der Waals surface area contributed by atoms with Crippen LogP contribution in [0, 0.1) is 11.8 Å². The Morgan fingerprint density at radius 2 is 1.74 bits per heavy atom. The van der Waals surface area contributed by atoms with E-state index in [0.717, 1.165) is 6.07 Å². The molecule has 0 spiro atoms. The number of halogens is 4. The minimum absolute atomic E-state index is 0. The van der Waals surface area contributed by atoms with Gasteiger partial charge in [-0.2, -0.15) is 4.39 Å². The van der Waals surface area contributed by atoms with Gasteiger partial charge < -0.3 is 4.79 Å². The molecule has 0 aliphatic carbocycles. The molecule has 0 fully saturated rings. The van der Waals surface area contributed by atoms with Crippen molar-refractivity contribution < 1.29 is 13.6 Å². The van der Waals surface area contributed by atoms with Gasteiger partial charge in [0, 0.05) is 6.20 Å². The Labute approximate surface area is 127 Å². The normalized spacial score (nSPS) is 13.2. The van der Waals surface area contributed by atoms with Crippen LogP contribution in [-0.2, 0) is 9.12 Å². The Morgan fingerprint density at radius 1 is 1.11 bits per heavy atom. The quantitative estimate of drug-likeness (QED) is 0.452. The van der Waals surface area contributed by atoms with E-state index in [4.69, 9.17) is 0 Å². The first kappa shape index (κ1) is 15.9. The van der Waals surface area contributed by atoms with Crippen LogP contribution in [0.1, 0.15) is 11.1 Å². The number of rotatable bonds is 3. The number of aldehydes is 1. The fraction of sp³-hybridized carbons (Fsp3) is 0.0769. The topological polar surface area (TPSA) is 30.0 Å². The van der Waals surface area contributed by atoms with E-state index < -0.39 is 16.1 Å². The van der Waals surface area contributed by atoms with E-state index in [-0.39, 0.29) is 17.0 Å². The number of aromatic nitrogens is 1. The van der Waals surface area contributed by atoms with Crippen molar-refractivity contribution in [2.24, 2.45) is 0 Å². The Bertz CT molecular complexity index is 577. The lowest BCUT2D eigenvalue weighted by Crippen LogP contribution is -2.22. The summed E-state index contributed by atoms with van der Waals surface area (Å²) < 4.78 is 24.8. The summed E-state index contributed by atoms with van der Waals surface area (Å²) in [5.41, 5.74) is 0.918. The monoisotopic (exact) mass is 391 g/mol. The average Bonchev–Trinajstić information content (AvgIpc) is 2.38. The molecular formula is C13H9Br2F2NO. The van der Waals surface area contributed by atoms with Crippen LogP contribution < -0.4 is 0 Å². The molecule has 19 heavy (non-hydrogen) atoms. The molecule has 2 aromatic rings. The van der Waals surface area contributed by atoms with E-state index >= 15 is 0 Å². The van der Waals surface area contributed by atoms with Gasteiger partial charge in [0.2, 0.25) is 5.95 Å². The molecule has 0 aliphatic rings. The zero-order chi connectivity index (χ0) is 13.2. The molecule has 1 unspecified atom stereocenters. The van der Waals surface area contributed by atoms with Crippen molar-refractivity contribution in [2.75, 3.05) is 0 Å². The van der Waals surface area contributed by atoms with Gasteiger partial charge in [-0.3, -0.25) is 0 Å². The lowest BCUT2D eigenvalue weighted by molar-refractivity contribution is -0.109. The largest absolute Gasteiger partial charge is 0.301 e. The van der Waals surface area contributed by atoms with Crippen LogP contribution in [0.15, 0.2) is 42.6 Å². The van der Waals surface area contributed by atoms with E-state index in [0.29, 0.717) is 17.4 Å². The standard InChI is InChI=1S/C13H8BrF2NO.BrH/c14-13(8-18,9-1-3-11(15)4-2-9)10-5-6-17-12(16)7-10;/h1-8H;1H. The van der Waals surface area contributed by atoms with Crippen LogP contribution >= 0.6 is 32.9 Å². The molecule has 6 heteroatoms. The van der Waals surface area contributed by atoms with Crippen LogP contribution in [0.3, 0.4) is 0 Å². The second-order valence-electron chi connectivity index (χ2n) is 3.70. The summed E-state index contributed by atoms with van der Waals surface area (Å²) in [5, 5.41) is 0. The first-order valence-corrected chi connectivity index (χ1v) is 5.89. The Balaban J connectivity index is 0.00000180. The van der Waals surface area contributed by atoms with E-state index in [9.17, 15) is 13.6 Å². The summed E-state index contributed by atoms with van der Waals surface area (Å²) in [5.74, 6) is -1.08. The SMILES string of the molecule is Br.O=CC(Br)(c1ccc(F)cc1)c1ccnc(F)c1. The maximum absolute atomic E-state index is 13.1. The molecule has 0 N–H and O–H groups in total. The molecule has 1 aromatic heterocycles. The third-order valence-electron chi connectivity index (χ3n) is 2.57. The number of carbonyl (C=O) groups excluding carboxylic acids is 1. The van der Waals surface area contributed by atoms with Crippen LogP contribution in [0.2, 0.25) is 0 Å². The Kier molecular flexibility index (Phi) is 5.31. The van der Waals surface area contributed by atoms with Gasteiger partial charge in [0.05, 0.1) is 0 Å². The zero-order valence-electron chi connectivity index (χ0n) is 9.52. The molecule has 2 rings (SSSR count). The predicted octanol–water partition coefficient (Wildman–Crippen LogP) is 3.78. The molecule has 1 heterocycles. The van der Waals surface area contributed by atoms with Crippen molar-refractivity contribution in [3.05, 3.63) is 65.5 Å². The maximum atomic E-state index is 13.1. The molecule has 0 radical (unpaired) electrons. The fourth-order valence-corrected chi connectivity index (χ4v) is 2.13. The molecule has 0 saturated heterocycles. The van der Waals surface area contributed by atoms with Crippen LogP contribution in [0.25, 0.3) is 0 Å². The number of nitrogens with zero attached hydrogens (tertiary/aromatic N) is 1. The first-order chi connectivity index (χ1) is 8.56. The highest BCUT2D eigenvalue weighted by Gasteiger charge is 2.31. The summed E-state index contributed by atoms with van der Waals surface area (Å²) in [6, 6.07) is 8.11. The Hall–Kier alpha value is -1.14. The van der Waals surface area contributed by atoms with Gasteiger partial charge in [-0.15, -0.1) is 17.0 Å². The van der Waals surface area contributed by atoms with E-state index in [2.05, 4.69) is 20.9 Å². The average molecular weight is 393 g/mol. The second-order valence-corrected chi connectivity index (χ2v) is 4.95. The number of hydrogen-bond acceptors (Lipinski definition) is 2. The fourth-order valence-electron chi connectivity index (χ4n) is 1.62. The zero-order valence-corrected chi connectivity index (χ0v) is 12.8. The molecule has 0 bridgehead atoms. The summed E-state index contributed by atoms with van der Waals surface area (Å²) in [4.78, 5) is 14.8. The van der Waals surface area contributed by atoms with Crippen LogP contribution in [0.4, 0.5) is 8.78 Å².